The van der Waals surface area contributed by atoms with Crippen LogP contribution in [-0.4, -0.2) is 36.2 Å². The molecule has 0 aromatic heterocycles. The Balaban J connectivity index is 0.00000122. The molecule has 1 atom stereocenters. The van der Waals surface area contributed by atoms with Crippen LogP contribution in [-0.2, 0) is 4.79 Å². The predicted octanol–water partition coefficient (Wildman–Crippen LogP) is 1.51. The maximum absolute atomic E-state index is 10.9. The van der Waals surface area contributed by atoms with Crippen molar-refractivity contribution in [3.63, 3.8) is 0 Å². The Morgan fingerprint density at radius 1 is 1.38 bits per heavy atom. The number of aliphatic carboxylic acids is 1. The molecular weight excluding hydrogens is 268 g/mol. The number of aliphatic imine (C=N–C) groups is 1. The third-order valence-corrected chi connectivity index (χ3v) is 2.41. The molecule has 0 bridgehead atoms. The van der Waals surface area contributed by atoms with Crippen molar-refractivity contribution in [3.8, 4) is 0 Å². The largest absolute Gasteiger partial charge is 0.480 e. The molecular formula is C15H22N4O2. The molecule has 0 heterocycles. The van der Waals surface area contributed by atoms with E-state index in [-0.39, 0.29) is 0 Å². The van der Waals surface area contributed by atoms with E-state index in [1.165, 1.54) is 6.21 Å². The van der Waals surface area contributed by atoms with Gasteiger partial charge in [0.05, 0.1) is 6.34 Å². The van der Waals surface area contributed by atoms with E-state index >= 15 is 0 Å². The van der Waals surface area contributed by atoms with Crippen molar-refractivity contribution < 1.29 is 9.90 Å². The zero-order chi connectivity index (χ0) is 15.9. The Morgan fingerprint density at radius 3 is 2.52 bits per heavy atom. The lowest BCUT2D eigenvalue weighted by atomic mass is 10.1. The summed E-state index contributed by atoms with van der Waals surface area (Å²) in [5, 5.41) is 14.8. The number of nitrogens with one attached hydrogen (secondary N) is 1. The van der Waals surface area contributed by atoms with Crippen LogP contribution in [0.1, 0.15) is 18.4 Å². The molecule has 1 unspecified atom stereocenters. The van der Waals surface area contributed by atoms with Crippen molar-refractivity contribution in [1.29, 1.82) is 5.41 Å². The highest BCUT2D eigenvalue weighted by atomic mass is 16.4. The highest BCUT2D eigenvalue weighted by Gasteiger charge is 2.13. The Kier molecular flexibility index (Phi) is 11.1. The summed E-state index contributed by atoms with van der Waals surface area (Å²) < 4.78 is 0. The summed E-state index contributed by atoms with van der Waals surface area (Å²) in [4.78, 5) is 14.9. The van der Waals surface area contributed by atoms with Crippen LogP contribution in [0.5, 0.6) is 0 Å². The van der Waals surface area contributed by atoms with Gasteiger partial charge in [-0.05, 0) is 31.0 Å². The van der Waals surface area contributed by atoms with Crippen LogP contribution in [0.4, 0.5) is 0 Å². The molecule has 6 heteroatoms. The molecule has 0 saturated carbocycles. The van der Waals surface area contributed by atoms with Gasteiger partial charge in [-0.1, -0.05) is 36.4 Å². The summed E-state index contributed by atoms with van der Waals surface area (Å²) >= 11 is 0. The van der Waals surface area contributed by atoms with Gasteiger partial charge in [0, 0.05) is 6.21 Å². The van der Waals surface area contributed by atoms with Gasteiger partial charge in [-0.3, -0.25) is 10.4 Å². The fourth-order valence-corrected chi connectivity index (χ4v) is 1.44. The van der Waals surface area contributed by atoms with Gasteiger partial charge in [0.15, 0.2) is 0 Å². The number of carboxylic acids is 1. The van der Waals surface area contributed by atoms with E-state index in [0.29, 0.717) is 19.4 Å². The van der Waals surface area contributed by atoms with Gasteiger partial charge >= 0.3 is 5.97 Å². The Morgan fingerprint density at radius 2 is 2.00 bits per heavy atom. The molecule has 6 nitrogen and oxygen atoms in total. The third kappa shape index (κ3) is 10.0. The average Bonchev–Trinajstić information content (AvgIpc) is 2.48. The first-order valence-corrected chi connectivity index (χ1v) is 6.54. The number of nitrogens with two attached hydrogens (primary N) is 2. The lowest BCUT2D eigenvalue weighted by molar-refractivity contribution is -0.138. The predicted molar refractivity (Wildman–Crippen MR) is 86.7 cm³/mol. The molecule has 0 aliphatic carbocycles. The molecule has 0 spiro atoms. The summed E-state index contributed by atoms with van der Waals surface area (Å²) in [5.74, 6) is -0.909. The van der Waals surface area contributed by atoms with Gasteiger partial charge in [-0.25, -0.2) is 4.79 Å². The quantitative estimate of drug-likeness (QED) is 0.448. The van der Waals surface area contributed by atoms with Crippen LogP contribution in [0.15, 0.2) is 41.4 Å². The van der Waals surface area contributed by atoms with Crippen LogP contribution in [0.2, 0.25) is 0 Å². The topological polar surface area (TPSA) is 126 Å². The van der Waals surface area contributed by atoms with E-state index in [0.717, 1.165) is 11.9 Å². The first-order chi connectivity index (χ1) is 10.2. The van der Waals surface area contributed by atoms with Gasteiger partial charge in [-0.15, -0.1) is 0 Å². The van der Waals surface area contributed by atoms with E-state index in [1.54, 1.807) is 6.08 Å². The molecule has 21 heavy (non-hydrogen) atoms. The molecule has 0 aliphatic heterocycles. The Labute approximate surface area is 124 Å². The van der Waals surface area contributed by atoms with Crippen molar-refractivity contribution in [3.05, 3.63) is 42.0 Å². The minimum absolute atomic E-state index is 0.474. The molecule has 0 fully saturated rings. The van der Waals surface area contributed by atoms with Crippen LogP contribution >= 0.6 is 0 Å². The van der Waals surface area contributed by atoms with Crippen molar-refractivity contribution >= 4 is 24.6 Å². The monoisotopic (exact) mass is 290 g/mol. The SMILES string of the molecule is N=CN.NCCCC(N=C/C=C/c1ccccc1)C(=O)O. The smallest absolute Gasteiger partial charge is 0.328 e. The number of rotatable bonds is 7. The number of carboxylic acid groups (broad SMARTS) is 1. The molecule has 0 amide bonds. The fraction of sp³-hybridized carbons (Fsp3) is 0.267. The van der Waals surface area contributed by atoms with Gasteiger partial charge in [0.2, 0.25) is 0 Å². The van der Waals surface area contributed by atoms with E-state index < -0.39 is 12.0 Å². The summed E-state index contributed by atoms with van der Waals surface area (Å²) in [6.07, 6.45) is 7.04. The number of hydrogen-bond donors (Lipinski definition) is 4. The molecule has 6 N–H and O–H groups in total. The van der Waals surface area contributed by atoms with E-state index in [4.69, 9.17) is 16.2 Å². The zero-order valence-electron chi connectivity index (χ0n) is 11.9. The summed E-state index contributed by atoms with van der Waals surface area (Å²) in [6, 6.07) is 9.06. The minimum Gasteiger partial charge on any atom is -0.480 e. The average molecular weight is 290 g/mol. The first kappa shape index (κ1) is 18.5. The summed E-state index contributed by atoms with van der Waals surface area (Å²) in [6.45, 7) is 0.485. The highest BCUT2D eigenvalue weighted by molar-refractivity contribution is 5.82. The van der Waals surface area contributed by atoms with Gasteiger partial charge in [-0.2, -0.15) is 0 Å². The van der Waals surface area contributed by atoms with Crippen molar-refractivity contribution in [2.75, 3.05) is 6.54 Å². The second kappa shape index (κ2) is 12.6. The summed E-state index contributed by atoms with van der Waals surface area (Å²) in [7, 11) is 0. The second-order valence-corrected chi connectivity index (χ2v) is 4.02. The van der Waals surface area contributed by atoms with Crippen molar-refractivity contribution in [1.82, 2.24) is 0 Å². The molecule has 0 saturated heterocycles. The van der Waals surface area contributed by atoms with Crippen LogP contribution in [0.3, 0.4) is 0 Å². The normalized spacial score (nSPS) is 11.9. The molecule has 1 aromatic rings. The Hall–Kier alpha value is -2.47. The number of carbonyl (C=O) groups is 1. The Bertz CT molecular complexity index is 458. The number of nitrogens with zero attached hydrogens (tertiary/aromatic N) is 1. The third-order valence-electron chi connectivity index (χ3n) is 2.41. The maximum atomic E-state index is 10.9. The molecule has 1 rings (SSSR count). The molecule has 0 radical (unpaired) electrons. The van der Waals surface area contributed by atoms with Crippen molar-refractivity contribution in [2.45, 2.75) is 18.9 Å². The maximum Gasteiger partial charge on any atom is 0.328 e. The van der Waals surface area contributed by atoms with Gasteiger partial charge in [0.25, 0.3) is 0 Å². The number of hydrogen-bond acceptors (Lipinski definition) is 4. The van der Waals surface area contributed by atoms with Crippen LogP contribution < -0.4 is 11.5 Å². The molecule has 1 aromatic carbocycles. The summed E-state index contributed by atoms with van der Waals surface area (Å²) in [5.41, 5.74) is 10.8. The lowest BCUT2D eigenvalue weighted by Gasteiger charge is -2.04. The van der Waals surface area contributed by atoms with Gasteiger partial charge < -0.3 is 16.6 Å². The van der Waals surface area contributed by atoms with E-state index in [2.05, 4.69) is 10.7 Å². The van der Waals surface area contributed by atoms with E-state index in [1.807, 2.05) is 36.4 Å². The van der Waals surface area contributed by atoms with Crippen LogP contribution in [0.25, 0.3) is 6.08 Å². The fourth-order valence-electron chi connectivity index (χ4n) is 1.44. The standard InChI is InChI=1S/C14H18N2O2.CH4N2/c15-10-4-9-13(14(17)18)16-11-5-8-12-6-2-1-3-7-12;2-1-3/h1-3,5-8,11,13H,4,9-10,15H2,(H,17,18);1H,(H3,2,3)/b8-5+,16-11?;. The number of benzene rings is 1. The molecule has 0 aliphatic rings. The second-order valence-electron chi connectivity index (χ2n) is 4.02. The minimum atomic E-state index is -0.909. The highest BCUT2D eigenvalue weighted by Crippen LogP contribution is 2.02. The first-order valence-electron chi connectivity index (χ1n) is 6.54. The van der Waals surface area contributed by atoms with Gasteiger partial charge in [0.1, 0.15) is 6.04 Å². The van der Waals surface area contributed by atoms with E-state index in [9.17, 15) is 4.79 Å². The zero-order valence-corrected chi connectivity index (χ0v) is 11.9. The van der Waals surface area contributed by atoms with Crippen LogP contribution in [0, 0.1) is 5.41 Å². The molecule has 114 valence electrons. The van der Waals surface area contributed by atoms with Crippen molar-refractivity contribution in [2.24, 2.45) is 16.5 Å². The lowest BCUT2D eigenvalue weighted by Crippen LogP contribution is -2.19. The number of allylic oxidation sites excluding steroid dienone is 1.